The van der Waals surface area contributed by atoms with Crippen LogP contribution in [0.1, 0.15) is 11.8 Å². The van der Waals surface area contributed by atoms with Crippen LogP contribution in [-0.4, -0.2) is 49.8 Å². The zero-order valence-electron chi connectivity index (χ0n) is 10.1. The van der Waals surface area contributed by atoms with E-state index in [1.807, 2.05) is 0 Å². The second-order valence-corrected chi connectivity index (χ2v) is 4.80. The number of aromatic nitrogens is 2. The van der Waals surface area contributed by atoms with Crippen molar-refractivity contribution in [1.82, 2.24) is 9.55 Å². The molecule has 2 heterocycles. The molecule has 2 rings (SSSR count). The molecule has 110 valence electrons. The van der Waals surface area contributed by atoms with Gasteiger partial charge in [-0.3, -0.25) is 14.3 Å². The Bertz CT molecular complexity index is 624. The van der Waals surface area contributed by atoms with Crippen molar-refractivity contribution in [2.24, 2.45) is 0 Å². The Labute approximate surface area is 121 Å². The molecule has 0 aromatic carbocycles. The molecule has 1 saturated heterocycles. The second-order valence-electron chi connectivity index (χ2n) is 4.27. The lowest BCUT2D eigenvalue weighted by atomic mass is 10.1. The summed E-state index contributed by atoms with van der Waals surface area (Å²) in [5, 5.41) is 28.5. The van der Waals surface area contributed by atoms with E-state index in [2.05, 4.69) is 20.9 Å². The molecule has 1 aliphatic heterocycles. The number of hydrogen-bond acceptors (Lipinski definition) is 6. The molecule has 0 spiro atoms. The number of nitrogens with one attached hydrogen (secondary N) is 1. The lowest BCUT2D eigenvalue weighted by Crippen LogP contribution is -2.38. The molecule has 9 heteroatoms. The molecule has 0 radical (unpaired) electrons. The third-order valence-corrected chi connectivity index (χ3v) is 3.29. The standard InChI is InChI=1S/C11H13BrN2O6/c12-2-1-5-3-14(11(19)13-9(5)18)10-8(17)7(16)6(4-15)20-10/h1-3,6-8,10,15-17H,4H2,(H,13,18,19)/b2-1+/t6-,7-,8+,10-/m1/s1. The maximum atomic E-state index is 11.8. The van der Waals surface area contributed by atoms with Gasteiger partial charge in [0.2, 0.25) is 0 Å². The van der Waals surface area contributed by atoms with Gasteiger partial charge < -0.3 is 20.1 Å². The zero-order chi connectivity index (χ0) is 14.9. The van der Waals surface area contributed by atoms with Crippen molar-refractivity contribution < 1.29 is 20.1 Å². The molecule has 1 aliphatic rings. The highest BCUT2D eigenvalue weighted by Gasteiger charge is 2.43. The summed E-state index contributed by atoms with van der Waals surface area (Å²) in [7, 11) is 0. The molecule has 0 saturated carbocycles. The molecule has 4 atom stereocenters. The minimum absolute atomic E-state index is 0.166. The Morgan fingerprint density at radius 1 is 1.40 bits per heavy atom. The van der Waals surface area contributed by atoms with Crippen LogP contribution in [0.2, 0.25) is 0 Å². The predicted molar refractivity (Wildman–Crippen MR) is 72.3 cm³/mol. The van der Waals surface area contributed by atoms with Crippen LogP contribution in [0.3, 0.4) is 0 Å². The van der Waals surface area contributed by atoms with Crippen molar-refractivity contribution in [3.05, 3.63) is 37.6 Å². The fourth-order valence-electron chi connectivity index (χ4n) is 1.99. The summed E-state index contributed by atoms with van der Waals surface area (Å²) < 4.78 is 6.20. The quantitative estimate of drug-likeness (QED) is 0.527. The van der Waals surface area contributed by atoms with Crippen molar-refractivity contribution in [3.8, 4) is 0 Å². The highest BCUT2D eigenvalue weighted by atomic mass is 79.9. The molecule has 0 amide bonds. The number of aromatic amines is 1. The number of aliphatic hydroxyl groups is 3. The second kappa shape index (κ2) is 6.02. The summed E-state index contributed by atoms with van der Waals surface area (Å²) >= 11 is 3.01. The smallest absolute Gasteiger partial charge is 0.330 e. The molecule has 8 nitrogen and oxygen atoms in total. The number of rotatable bonds is 3. The largest absolute Gasteiger partial charge is 0.394 e. The van der Waals surface area contributed by atoms with Gasteiger partial charge in [-0.05, 0) is 11.1 Å². The zero-order valence-corrected chi connectivity index (χ0v) is 11.7. The number of hydrogen-bond donors (Lipinski definition) is 4. The van der Waals surface area contributed by atoms with E-state index in [1.165, 1.54) is 17.3 Å². The Kier molecular flexibility index (Phi) is 4.55. The van der Waals surface area contributed by atoms with Crippen molar-refractivity contribution >= 4 is 22.0 Å². The highest BCUT2D eigenvalue weighted by molar-refractivity contribution is 9.11. The van der Waals surface area contributed by atoms with E-state index >= 15 is 0 Å². The van der Waals surface area contributed by atoms with E-state index in [1.54, 1.807) is 0 Å². The van der Waals surface area contributed by atoms with Crippen molar-refractivity contribution in [2.75, 3.05) is 6.61 Å². The Morgan fingerprint density at radius 2 is 2.10 bits per heavy atom. The summed E-state index contributed by atoms with van der Waals surface area (Å²) in [4.78, 5) is 26.8. The lowest BCUT2D eigenvalue weighted by Gasteiger charge is -2.17. The van der Waals surface area contributed by atoms with E-state index in [9.17, 15) is 19.8 Å². The summed E-state index contributed by atoms with van der Waals surface area (Å²) in [5.74, 6) is 0. The van der Waals surface area contributed by atoms with Crippen LogP contribution in [0.4, 0.5) is 0 Å². The lowest BCUT2D eigenvalue weighted by molar-refractivity contribution is -0.0550. The van der Waals surface area contributed by atoms with Crippen LogP contribution in [0, 0.1) is 0 Å². The van der Waals surface area contributed by atoms with Crippen LogP contribution < -0.4 is 11.2 Å². The van der Waals surface area contributed by atoms with Gasteiger partial charge in [0.1, 0.15) is 18.3 Å². The maximum absolute atomic E-state index is 11.8. The first-order valence-electron chi connectivity index (χ1n) is 5.74. The summed E-state index contributed by atoms with van der Waals surface area (Å²) in [6.07, 6.45) is -2.27. The average molecular weight is 349 g/mol. The van der Waals surface area contributed by atoms with Crippen molar-refractivity contribution in [3.63, 3.8) is 0 Å². The SMILES string of the molecule is O=c1[nH]c(=O)n([C@@H]2O[C@H](CO)[C@@H](O)[C@@H]2O)cc1/C=C/Br. The van der Waals surface area contributed by atoms with Gasteiger partial charge in [0, 0.05) is 6.20 Å². The third kappa shape index (κ3) is 2.63. The van der Waals surface area contributed by atoms with Gasteiger partial charge >= 0.3 is 5.69 Å². The van der Waals surface area contributed by atoms with Crippen LogP contribution in [0.25, 0.3) is 6.08 Å². The van der Waals surface area contributed by atoms with Gasteiger partial charge in [-0.25, -0.2) is 4.79 Å². The van der Waals surface area contributed by atoms with Gasteiger partial charge in [-0.2, -0.15) is 0 Å². The number of nitrogens with zero attached hydrogens (tertiary/aromatic N) is 1. The van der Waals surface area contributed by atoms with Crippen molar-refractivity contribution in [2.45, 2.75) is 24.5 Å². The van der Waals surface area contributed by atoms with Crippen LogP contribution >= 0.6 is 15.9 Å². The average Bonchev–Trinajstić information content (AvgIpc) is 2.70. The predicted octanol–water partition coefficient (Wildman–Crippen LogP) is -1.49. The van der Waals surface area contributed by atoms with Gasteiger partial charge in [0.05, 0.1) is 12.2 Å². The van der Waals surface area contributed by atoms with Gasteiger partial charge in [-0.15, -0.1) is 0 Å². The first-order chi connectivity index (χ1) is 9.49. The first-order valence-corrected chi connectivity index (χ1v) is 6.66. The minimum Gasteiger partial charge on any atom is -0.394 e. The van der Waals surface area contributed by atoms with E-state index < -0.39 is 42.4 Å². The fourth-order valence-corrected chi connectivity index (χ4v) is 2.27. The van der Waals surface area contributed by atoms with Gasteiger partial charge in [0.15, 0.2) is 6.23 Å². The minimum atomic E-state index is -1.39. The molecule has 0 unspecified atom stereocenters. The molecule has 1 aromatic heterocycles. The number of aliphatic hydroxyl groups excluding tert-OH is 3. The first kappa shape index (κ1) is 15.1. The topological polar surface area (TPSA) is 125 Å². The van der Waals surface area contributed by atoms with Crippen molar-refractivity contribution in [1.29, 1.82) is 0 Å². The molecule has 0 bridgehead atoms. The molecule has 0 aliphatic carbocycles. The summed E-state index contributed by atoms with van der Waals surface area (Å²) in [6.45, 7) is -0.499. The summed E-state index contributed by atoms with van der Waals surface area (Å²) in [5.41, 5.74) is -1.20. The Morgan fingerprint density at radius 3 is 2.65 bits per heavy atom. The number of halogens is 1. The van der Waals surface area contributed by atoms with Gasteiger partial charge in [0.25, 0.3) is 5.56 Å². The Balaban J connectivity index is 2.46. The van der Waals surface area contributed by atoms with Crippen LogP contribution in [0.5, 0.6) is 0 Å². The number of H-pyrrole nitrogens is 1. The van der Waals surface area contributed by atoms with Gasteiger partial charge in [-0.1, -0.05) is 15.9 Å². The normalized spacial score (nSPS) is 30.2. The maximum Gasteiger partial charge on any atom is 0.330 e. The molecular formula is C11H13BrN2O6. The van der Waals surface area contributed by atoms with E-state index in [0.717, 1.165) is 4.57 Å². The molecule has 1 aromatic rings. The highest BCUT2D eigenvalue weighted by Crippen LogP contribution is 2.27. The molecule has 4 N–H and O–H groups in total. The molecule has 1 fully saturated rings. The van der Waals surface area contributed by atoms with Crippen LogP contribution in [0.15, 0.2) is 20.8 Å². The monoisotopic (exact) mass is 348 g/mol. The fraction of sp³-hybridized carbons (Fsp3) is 0.455. The van der Waals surface area contributed by atoms with Crippen LogP contribution in [-0.2, 0) is 4.74 Å². The number of ether oxygens (including phenoxy) is 1. The molecular weight excluding hydrogens is 336 g/mol. The third-order valence-electron chi connectivity index (χ3n) is 3.03. The molecule has 20 heavy (non-hydrogen) atoms. The summed E-state index contributed by atoms with van der Waals surface area (Å²) in [6, 6.07) is 0. The van der Waals surface area contributed by atoms with E-state index in [4.69, 9.17) is 9.84 Å². The Hall–Kier alpha value is -1.26. The van der Waals surface area contributed by atoms with E-state index in [-0.39, 0.29) is 5.56 Å². The van der Waals surface area contributed by atoms with E-state index in [0.29, 0.717) is 0 Å².